The maximum atomic E-state index is 5.66. The first kappa shape index (κ1) is 11.6. The molecule has 0 aliphatic heterocycles. The van der Waals surface area contributed by atoms with Crippen molar-refractivity contribution in [2.45, 2.75) is 18.7 Å². The monoisotopic (exact) mass is 255 g/mol. The van der Waals surface area contributed by atoms with Crippen LogP contribution in [0.25, 0.3) is 10.8 Å². The van der Waals surface area contributed by atoms with Gasteiger partial charge in [0, 0.05) is 11.8 Å². The average Bonchev–Trinajstić information content (AvgIpc) is 2.85. The molecule has 1 atom stereocenters. The zero-order chi connectivity index (χ0) is 11.4. The Labute approximate surface area is 102 Å². The highest BCUT2D eigenvalue weighted by Gasteiger charge is 2.09. The van der Waals surface area contributed by atoms with Crippen molar-refractivity contribution in [1.29, 1.82) is 0 Å². The zero-order valence-corrected chi connectivity index (χ0v) is 10.6. The van der Waals surface area contributed by atoms with Crippen LogP contribution in [0, 0.1) is 0 Å². The van der Waals surface area contributed by atoms with Gasteiger partial charge in [-0.05, 0) is 18.4 Å². The van der Waals surface area contributed by atoms with Crippen molar-refractivity contribution in [1.82, 2.24) is 10.1 Å². The molecule has 0 radical (unpaired) electrons. The van der Waals surface area contributed by atoms with E-state index in [9.17, 15) is 0 Å². The van der Waals surface area contributed by atoms with E-state index in [1.54, 1.807) is 23.1 Å². The van der Waals surface area contributed by atoms with Crippen molar-refractivity contribution in [2.75, 3.05) is 5.75 Å². The van der Waals surface area contributed by atoms with Crippen molar-refractivity contribution in [3.63, 3.8) is 0 Å². The molecule has 0 bridgehead atoms. The van der Waals surface area contributed by atoms with E-state index in [2.05, 4.69) is 10.1 Å². The molecular weight excluding hydrogens is 242 g/mol. The number of thioether (sulfide) groups is 1. The van der Waals surface area contributed by atoms with E-state index in [4.69, 9.17) is 10.3 Å². The van der Waals surface area contributed by atoms with Gasteiger partial charge in [-0.15, -0.1) is 11.3 Å². The molecule has 2 aromatic rings. The van der Waals surface area contributed by atoms with E-state index in [-0.39, 0.29) is 6.04 Å². The van der Waals surface area contributed by atoms with Crippen molar-refractivity contribution in [2.24, 2.45) is 5.73 Å². The highest BCUT2D eigenvalue weighted by atomic mass is 32.2. The van der Waals surface area contributed by atoms with Crippen LogP contribution in [-0.2, 0) is 5.75 Å². The van der Waals surface area contributed by atoms with E-state index in [1.165, 1.54) is 0 Å². The highest BCUT2D eigenvalue weighted by molar-refractivity contribution is 7.98. The van der Waals surface area contributed by atoms with Crippen LogP contribution in [-0.4, -0.2) is 21.9 Å². The van der Waals surface area contributed by atoms with Crippen LogP contribution in [0.4, 0.5) is 0 Å². The van der Waals surface area contributed by atoms with Gasteiger partial charge in [0.2, 0.25) is 0 Å². The van der Waals surface area contributed by atoms with E-state index in [0.717, 1.165) is 22.2 Å². The van der Waals surface area contributed by atoms with Gasteiger partial charge in [0.15, 0.2) is 5.82 Å². The Morgan fingerprint density at radius 1 is 1.62 bits per heavy atom. The minimum absolute atomic E-state index is 0.202. The Hall–Kier alpha value is -0.850. The second-order valence-corrected chi connectivity index (χ2v) is 5.46. The van der Waals surface area contributed by atoms with Gasteiger partial charge in [-0.2, -0.15) is 16.7 Å². The summed E-state index contributed by atoms with van der Waals surface area (Å²) in [7, 11) is 0. The molecule has 0 amide bonds. The molecule has 1 unspecified atom stereocenters. The van der Waals surface area contributed by atoms with Crippen LogP contribution in [0.5, 0.6) is 0 Å². The quantitative estimate of drug-likeness (QED) is 0.888. The number of hydrogen-bond donors (Lipinski definition) is 1. The van der Waals surface area contributed by atoms with Crippen molar-refractivity contribution >= 4 is 23.1 Å². The Balaban J connectivity index is 1.93. The molecule has 0 fully saturated rings. The maximum Gasteiger partial charge on any atom is 0.268 e. The molecule has 0 aliphatic rings. The van der Waals surface area contributed by atoms with E-state index in [1.807, 2.05) is 24.4 Å². The summed E-state index contributed by atoms with van der Waals surface area (Å²) in [6.07, 6.45) is 0. The minimum atomic E-state index is 0.202. The van der Waals surface area contributed by atoms with Crippen molar-refractivity contribution in [3.8, 4) is 10.8 Å². The van der Waals surface area contributed by atoms with Gasteiger partial charge in [0.05, 0.1) is 10.6 Å². The molecule has 0 aliphatic carbocycles. The molecule has 6 heteroatoms. The molecule has 0 saturated heterocycles. The van der Waals surface area contributed by atoms with Gasteiger partial charge in [-0.3, -0.25) is 0 Å². The van der Waals surface area contributed by atoms with Crippen LogP contribution >= 0.6 is 23.1 Å². The third kappa shape index (κ3) is 3.07. The summed E-state index contributed by atoms with van der Waals surface area (Å²) in [5.41, 5.74) is 5.66. The van der Waals surface area contributed by atoms with E-state index < -0.39 is 0 Å². The van der Waals surface area contributed by atoms with Crippen LogP contribution < -0.4 is 5.73 Å². The molecule has 0 aromatic carbocycles. The molecular formula is C10H13N3OS2. The standard InChI is InChI=1S/C10H13N3OS2/c1-7(11)5-15-6-9-12-10(14-13-9)8-3-2-4-16-8/h2-4,7H,5-6,11H2,1H3. The Kier molecular flexibility index (Phi) is 3.98. The second kappa shape index (κ2) is 5.47. The largest absolute Gasteiger partial charge is 0.333 e. The fourth-order valence-electron chi connectivity index (χ4n) is 1.15. The zero-order valence-electron chi connectivity index (χ0n) is 8.92. The lowest BCUT2D eigenvalue weighted by atomic mass is 10.4. The van der Waals surface area contributed by atoms with Crippen LogP contribution in [0.2, 0.25) is 0 Å². The summed E-state index contributed by atoms with van der Waals surface area (Å²) in [5, 5.41) is 5.92. The van der Waals surface area contributed by atoms with Crippen molar-refractivity contribution in [3.05, 3.63) is 23.3 Å². The smallest absolute Gasteiger partial charge is 0.268 e. The average molecular weight is 255 g/mol. The van der Waals surface area contributed by atoms with Gasteiger partial charge < -0.3 is 10.3 Å². The first-order valence-electron chi connectivity index (χ1n) is 4.95. The third-order valence-corrected chi connectivity index (χ3v) is 3.89. The molecule has 2 N–H and O–H groups in total. The molecule has 0 saturated carbocycles. The fraction of sp³-hybridized carbons (Fsp3) is 0.400. The highest BCUT2D eigenvalue weighted by Crippen LogP contribution is 2.23. The summed E-state index contributed by atoms with van der Waals surface area (Å²) in [5.74, 6) is 2.99. The fourth-order valence-corrected chi connectivity index (χ4v) is 2.58. The summed E-state index contributed by atoms with van der Waals surface area (Å²) in [6, 6.07) is 4.14. The molecule has 4 nitrogen and oxygen atoms in total. The number of aromatic nitrogens is 2. The van der Waals surface area contributed by atoms with Gasteiger partial charge in [-0.25, -0.2) is 0 Å². The van der Waals surface area contributed by atoms with Crippen LogP contribution in [0.3, 0.4) is 0 Å². The number of hydrogen-bond acceptors (Lipinski definition) is 6. The normalized spacial score (nSPS) is 12.9. The number of nitrogens with two attached hydrogens (primary N) is 1. The second-order valence-electron chi connectivity index (χ2n) is 3.49. The van der Waals surface area contributed by atoms with Crippen LogP contribution in [0.15, 0.2) is 22.0 Å². The molecule has 0 spiro atoms. The molecule has 2 heterocycles. The minimum Gasteiger partial charge on any atom is -0.333 e. The summed E-state index contributed by atoms with van der Waals surface area (Å²) in [4.78, 5) is 5.33. The first-order chi connectivity index (χ1) is 7.75. The maximum absolute atomic E-state index is 5.66. The van der Waals surface area contributed by atoms with Gasteiger partial charge in [-0.1, -0.05) is 11.2 Å². The van der Waals surface area contributed by atoms with Crippen LogP contribution in [0.1, 0.15) is 12.7 Å². The molecule has 16 heavy (non-hydrogen) atoms. The SMILES string of the molecule is CC(N)CSCc1noc(-c2cccs2)n1. The predicted octanol–water partition coefficient (Wildman–Crippen LogP) is 2.38. The lowest BCUT2D eigenvalue weighted by Gasteiger charge is -2.00. The summed E-state index contributed by atoms with van der Waals surface area (Å²) in [6.45, 7) is 1.99. The summed E-state index contributed by atoms with van der Waals surface area (Å²) < 4.78 is 5.17. The number of nitrogens with zero attached hydrogens (tertiary/aromatic N) is 2. The van der Waals surface area contributed by atoms with Gasteiger partial charge in [0.25, 0.3) is 5.89 Å². The summed E-state index contributed by atoms with van der Waals surface area (Å²) >= 11 is 3.31. The Bertz CT molecular complexity index is 425. The Morgan fingerprint density at radius 2 is 2.50 bits per heavy atom. The lowest BCUT2D eigenvalue weighted by Crippen LogP contribution is -2.17. The molecule has 2 aromatic heterocycles. The van der Waals surface area contributed by atoms with Gasteiger partial charge in [0.1, 0.15) is 0 Å². The first-order valence-corrected chi connectivity index (χ1v) is 6.99. The van der Waals surface area contributed by atoms with Gasteiger partial charge >= 0.3 is 0 Å². The van der Waals surface area contributed by atoms with Crippen molar-refractivity contribution < 1.29 is 4.52 Å². The predicted molar refractivity (Wildman–Crippen MR) is 67.4 cm³/mol. The Morgan fingerprint density at radius 3 is 3.19 bits per heavy atom. The molecule has 2 rings (SSSR count). The molecule has 86 valence electrons. The van der Waals surface area contributed by atoms with E-state index >= 15 is 0 Å². The number of rotatable bonds is 5. The third-order valence-electron chi connectivity index (χ3n) is 1.81. The number of thiophene rings is 1. The van der Waals surface area contributed by atoms with E-state index in [0.29, 0.717) is 5.89 Å². The topological polar surface area (TPSA) is 64.9 Å². The lowest BCUT2D eigenvalue weighted by molar-refractivity contribution is 0.426.